The first kappa shape index (κ1) is 15.5. The summed E-state index contributed by atoms with van der Waals surface area (Å²) < 4.78 is 1.16. The Morgan fingerprint density at radius 2 is 2.00 bits per heavy atom. The van der Waals surface area contributed by atoms with E-state index in [1.165, 1.54) is 23.4 Å². The Kier molecular flexibility index (Phi) is 6.07. The monoisotopic (exact) mass is 352 g/mol. The van der Waals surface area contributed by atoms with Gasteiger partial charge in [-0.3, -0.25) is 0 Å². The highest BCUT2D eigenvalue weighted by Gasteiger charge is 2.22. The van der Waals surface area contributed by atoms with Crippen molar-refractivity contribution in [1.29, 1.82) is 0 Å². The van der Waals surface area contributed by atoms with Crippen molar-refractivity contribution in [3.63, 3.8) is 0 Å². The Hall–Kier alpha value is -0.840. The van der Waals surface area contributed by atoms with Gasteiger partial charge in [-0.2, -0.15) is 0 Å². The molecule has 0 aliphatic heterocycles. The van der Waals surface area contributed by atoms with Crippen molar-refractivity contribution in [3.8, 4) is 0 Å². The fourth-order valence-corrected chi connectivity index (χ4v) is 4.10. The molecule has 1 atom stereocenters. The fourth-order valence-electron chi connectivity index (χ4n) is 2.33. The largest absolute Gasteiger partial charge is 0.362 e. The van der Waals surface area contributed by atoms with Crippen molar-refractivity contribution in [2.75, 3.05) is 18.0 Å². The van der Waals surface area contributed by atoms with Gasteiger partial charge in [-0.1, -0.05) is 31.5 Å². The van der Waals surface area contributed by atoms with E-state index in [4.69, 9.17) is 5.73 Å². The van der Waals surface area contributed by atoms with Gasteiger partial charge in [-0.05, 0) is 45.9 Å². The van der Waals surface area contributed by atoms with Gasteiger partial charge < -0.3 is 10.6 Å². The van der Waals surface area contributed by atoms with Crippen LogP contribution in [0.4, 0.5) is 5.69 Å². The summed E-state index contributed by atoms with van der Waals surface area (Å²) in [6.45, 7) is 3.88. The molecule has 2 aromatic rings. The smallest absolute Gasteiger partial charge is 0.0768 e. The number of benzene rings is 1. The van der Waals surface area contributed by atoms with Gasteiger partial charge in [0, 0.05) is 28.1 Å². The van der Waals surface area contributed by atoms with E-state index in [0.29, 0.717) is 6.54 Å². The van der Waals surface area contributed by atoms with Gasteiger partial charge in [-0.25, -0.2) is 0 Å². The minimum absolute atomic E-state index is 0.235. The van der Waals surface area contributed by atoms with Gasteiger partial charge in [0.1, 0.15) is 0 Å². The van der Waals surface area contributed by atoms with Crippen LogP contribution < -0.4 is 10.6 Å². The molecule has 0 saturated carbocycles. The fraction of sp³-hybridized carbons (Fsp3) is 0.375. The molecular weight excluding hydrogens is 332 g/mol. The van der Waals surface area contributed by atoms with E-state index in [9.17, 15) is 0 Å². The summed E-state index contributed by atoms with van der Waals surface area (Å²) in [5.74, 6) is 0. The number of unbranched alkanes of at least 4 members (excludes halogenated alkanes) is 1. The van der Waals surface area contributed by atoms with Crippen LogP contribution in [0, 0.1) is 0 Å². The number of hydrogen-bond acceptors (Lipinski definition) is 3. The minimum atomic E-state index is 0.235. The Bertz CT molecular complexity index is 512. The second kappa shape index (κ2) is 7.81. The van der Waals surface area contributed by atoms with Crippen molar-refractivity contribution in [3.05, 3.63) is 51.1 Å². The predicted octanol–water partition coefficient (Wildman–Crippen LogP) is 4.82. The maximum Gasteiger partial charge on any atom is 0.0768 e. The molecule has 20 heavy (non-hydrogen) atoms. The zero-order chi connectivity index (χ0) is 14.4. The number of halogens is 1. The molecule has 0 amide bonds. The molecule has 0 bridgehead atoms. The van der Waals surface area contributed by atoms with Crippen molar-refractivity contribution in [2.45, 2.75) is 25.8 Å². The van der Waals surface area contributed by atoms with Gasteiger partial charge in [0.15, 0.2) is 0 Å². The van der Waals surface area contributed by atoms with Crippen LogP contribution in [0.2, 0.25) is 0 Å². The molecule has 0 saturated heterocycles. The average molecular weight is 353 g/mol. The zero-order valence-electron chi connectivity index (χ0n) is 11.8. The van der Waals surface area contributed by atoms with Gasteiger partial charge in [0.05, 0.1) is 6.04 Å². The molecule has 2 rings (SSSR count). The van der Waals surface area contributed by atoms with Crippen molar-refractivity contribution >= 4 is 33.0 Å². The normalized spacial score (nSPS) is 12.3. The van der Waals surface area contributed by atoms with Crippen molar-refractivity contribution < 1.29 is 0 Å². The molecule has 0 aliphatic rings. The highest BCUT2D eigenvalue weighted by Crippen LogP contribution is 2.34. The number of hydrogen-bond donors (Lipinski definition) is 1. The predicted molar refractivity (Wildman–Crippen MR) is 92.5 cm³/mol. The summed E-state index contributed by atoms with van der Waals surface area (Å²) in [6, 6.07) is 12.9. The average Bonchev–Trinajstić information content (AvgIpc) is 2.90. The highest BCUT2D eigenvalue weighted by atomic mass is 79.9. The summed E-state index contributed by atoms with van der Waals surface area (Å²) >= 11 is 5.42. The summed E-state index contributed by atoms with van der Waals surface area (Å²) in [5.41, 5.74) is 7.33. The second-order valence-electron chi connectivity index (χ2n) is 4.77. The zero-order valence-corrected chi connectivity index (χ0v) is 14.2. The molecule has 0 aliphatic carbocycles. The number of thiophene rings is 1. The summed E-state index contributed by atoms with van der Waals surface area (Å²) in [7, 11) is 0. The first-order valence-corrected chi connectivity index (χ1v) is 8.69. The van der Waals surface area contributed by atoms with Crippen LogP contribution in [0.3, 0.4) is 0 Å². The molecule has 0 fully saturated rings. The van der Waals surface area contributed by atoms with Crippen LogP contribution in [-0.2, 0) is 0 Å². The third-order valence-corrected chi connectivity index (χ3v) is 5.36. The van der Waals surface area contributed by atoms with E-state index >= 15 is 0 Å². The van der Waals surface area contributed by atoms with Crippen LogP contribution in [0.1, 0.15) is 30.7 Å². The first-order valence-electron chi connectivity index (χ1n) is 7.02. The molecule has 1 aromatic heterocycles. The van der Waals surface area contributed by atoms with Gasteiger partial charge in [0.25, 0.3) is 0 Å². The number of anilines is 1. The molecule has 1 heterocycles. The van der Waals surface area contributed by atoms with Crippen LogP contribution >= 0.6 is 27.3 Å². The van der Waals surface area contributed by atoms with Crippen LogP contribution in [0.15, 0.2) is 46.3 Å². The van der Waals surface area contributed by atoms with E-state index in [0.717, 1.165) is 11.0 Å². The van der Waals surface area contributed by atoms with E-state index in [-0.39, 0.29) is 6.04 Å². The molecule has 4 heteroatoms. The lowest BCUT2D eigenvalue weighted by Gasteiger charge is -2.33. The lowest BCUT2D eigenvalue weighted by Crippen LogP contribution is -2.34. The Labute approximate surface area is 133 Å². The number of para-hydroxylation sites is 1. The van der Waals surface area contributed by atoms with E-state index in [1.54, 1.807) is 11.3 Å². The second-order valence-corrected chi connectivity index (χ2v) is 6.57. The van der Waals surface area contributed by atoms with Gasteiger partial charge >= 0.3 is 0 Å². The minimum Gasteiger partial charge on any atom is -0.362 e. The quantitative estimate of drug-likeness (QED) is 0.773. The highest BCUT2D eigenvalue weighted by molar-refractivity contribution is 9.10. The number of nitrogens with two attached hydrogens (primary N) is 1. The number of nitrogens with zero attached hydrogens (tertiary/aromatic N) is 1. The van der Waals surface area contributed by atoms with Crippen LogP contribution in [0.5, 0.6) is 0 Å². The van der Waals surface area contributed by atoms with Crippen molar-refractivity contribution in [2.24, 2.45) is 5.73 Å². The first-order chi connectivity index (χ1) is 9.77. The molecule has 1 unspecified atom stereocenters. The van der Waals surface area contributed by atoms with E-state index < -0.39 is 0 Å². The molecule has 2 N–H and O–H groups in total. The third kappa shape index (κ3) is 3.62. The van der Waals surface area contributed by atoms with Crippen LogP contribution in [0.25, 0.3) is 0 Å². The topological polar surface area (TPSA) is 29.3 Å². The lowest BCUT2D eigenvalue weighted by molar-refractivity contribution is 0.611. The standard InChI is InChI=1S/C16H21BrN2S/c1-2-3-10-19(13-7-5-4-6-8-13)15(12-18)16-14(17)9-11-20-16/h4-9,11,15H,2-3,10,12,18H2,1H3. The van der Waals surface area contributed by atoms with E-state index in [2.05, 4.69) is 69.5 Å². The molecule has 0 radical (unpaired) electrons. The molecule has 1 aromatic carbocycles. The lowest BCUT2D eigenvalue weighted by atomic mass is 10.1. The molecule has 0 spiro atoms. The summed E-state index contributed by atoms with van der Waals surface area (Å²) in [5, 5.41) is 2.12. The van der Waals surface area contributed by atoms with Crippen LogP contribution in [-0.4, -0.2) is 13.1 Å². The summed E-state index contributed by atoms with van der Waals surface area (Å²) in [4.78, 5) is 3.74. The maximum atomic E-state index is 6.09. The van der Waals surface area contributed by atoms with Gasteiger partial charge in [-0.15, -0.1) is 11.3 Å². The molecule has 2 nitrogen and oxygen atoms in total. The molecule has 108 valence electrons. The SMILES string of the molecule is CCCCN(c1ccccc1)C(CN)c1sccc1Br. The Balaban J connectivity index is 2.31. The van der Waals surface area contributed by atoms with Crippen molar-refractivity contribution in [1.82, 2.24) is 0 Å². The van der Waals surface area contributed by atoms with Gasteiger partial charge in [0.2, 0.25) is 0 Å². The molecular formula is C16H21BrN2S. The third-order valence-electron chi connectivity index (χ3n) is 3.39. The van der Waals surface area contributed by atoms with E-state index in [1.807, 2.05) is 0 Å². The number of rotatable bonds is 7. The Morgan fingerprint density at radius 1 is 1.25 bits per heavy atom. The summed E-state index contributed by atoms with van der Waals surface area (Å²) in [6.07, 6.45) is 2.36. The Morgan fingerprint density at radius 3 is 2.55 bits per heavy atom. The maximum absolute atomic E-state index is 6.09.